The number of Topliss-reactive ketones (excluding diaryl/α,β-unsaturated/α-hetero) is 5. The Morgan fingerprint density at radius 2 is 0.761 bits per heavy atom. The first-order chi connectivity index (χ1) is 43.7. The van der Waals surface area contributed by atoms with Gasteiger partial charge in [0.05, 0.1) is 47.5 Å². The van der Waals surface area contributed by atoms with Crippen LogP contribution in [0.3, 0.4) is 0 Å². The van der Waals surface area contributed by atoms with Crippen molar-refractivity contribution in [3.05, 3.63) is 41.7 Å². The molecule has 17 nitrogen and oxygen atoms in total. The number of nitriles is 1. The fourth-order valence-electron chi connectivity index (χ4n) is 25.2. The first kappa shape index (κ1) is 65.9. The van der Waals surface area contributed by atoms with Crippen LogP contribution >= 0.6 is 0 Å². The van der Waals surface area contributed by atoms with Crippen molar-refractivity contribution in [2.24, 2.45) is 123 Å². The molecule has 0 bridgehead atoms. The number of hydrogen-bond acceptors (Lipinski definition) is 14. The van der Waals surface area contributed by atoms with E-state index in [9.17, 15) is 39.3 Å². The Balaban J connectivity index is 0.000000126. The van der Waals surface area contributed by atoms with Gasteiger partial charge < -0.3 is 15.3 Å². The molecule has 0 spiro atoms. The summed E-state index contributed by atoms with van der Waals surface area (Å²) in [6.45, 7) is 16.9. The quantitative estimate of drug-likeness (QED) is 0.151. The molecular weight excluding hydrogens is 1150 g/mol. The van der Waals surface area contributed by atoms with E-state index in [2.05, 4.69) is 52.6 Å². The molecule has 92 heavy (non-hydrogen) atoms. The molecule has 0 amide bonds. The van der Waals surface area contributed by atoms with E-state index < -0.39 is 16.8 Å². The summed E-state index contributed by atoms with van der Waals surface area (Å²) in [7, 11) is 0. The summed E-state index contributed by atoms with van der Waals surface area (Å²) in [4.78, 5) is 62.9. The number of rotatable bonds is 11. The highest BCUT2D eigenvalue weighted by Gasteiger charge is 2.62. The highest BCUT2D eigenvalue weighted by atomic mass is 16.3. The van der Waals surface area contributed by atoms with Gasteiger partial charge in [-0.25, -0.2) is 9.36 Å². The van der Waals surface area contributed by atoms with Gasteiger partial charge in [-0.05, 0) is 299 Å². The molecule has 3 aromatic rings. The van der Waals surface area contributed by atoms with Gasteiger partial charge in [0.15, 0.2) is 28.9 Å². The molecule has 0 unspecified atom stereocenters. The predicted molar refractivity (Wildman–Crippen MR) is 346 cm³/mol. The maximum Gasteiger partial charge on any atom is 0.181 e. The van der Waals surface area contributed by atoms with Crippen LogP contribution in [0.2, 0.25) is 0 Å². The summed E-state index contributed by atoms with van der Waals surface area (Å²) >= 11 is 0. The van der Waals surface area contributed by atoms with Crippen LogP contribution in [-0.2, 0) is 34.0 Å². The number of nitrogens with zero attached hydrogens (tertiary/aromatic N) is 9. The molecule has 0 radical (unpaired) electrons. The van der Waals surface area contributed by atoms with Gasteiger partial charge in [-0.2, -0.15) is 10.4 Å². The lowest BCUT2D eigenvalue weighted by atomic mass is 9.49. The second-order valence-electron chi connectivity index (χ2n) is 34.7. The summed E-state index contributed by atoms with van der Waals surface area (Å²) in [6.07, 6.45) is 37.0. The van der Waals surface area contributed by atoms with E-state index in [4.69, 9.17) is 5.26 Å². The molecule has 3 aromatic heterocycles. The van der Waals surface area contributed by atoms with Crippen molar-refractivity contribution in [2.75, 3.05) is 0 Å². The Bertz CT molecular complexity index is 3160. The normalized spacial score (nSPS) is 44.5. The zero-order chi connectivity index (χ0) is 65.0. The van der Waals surface area contributed by atoms with Crippen LogP contribution in [0.5, 0.6) is 0 Å². The van der Waals surface area contributed by atoms with Gasteiger partial charge in [0, 0.05) is 37.8 Å². The zero-order valence-electron chi connectivity index (χ0n) is 56.8. The van der Waals surface area contributed by atoms with Gasteiger partial charge in [-0.1, -0.05) is 31.2 Å². The summed E-state index contributed by atoms with van der Waals surface area (Å²) in [5.41, 5.74) is 0.0826. The largest absolute Gasteiger partial charge is 0.390 e. The maximum atomic E-state index is 13.3. The fourth-order valence-corrected chi connectivity index (χ4v) is 25.2. The highest BCUT2D eigenvalue weighted by molar-refractivity contribution is 5.92. The molecule has 0 saturated heterocycles. The van der Waals surface area contributed by atoms with E-state index in [1.807, 2.05) is 20.8 Å². The number of aromatic nitrogens is 8. The first-order valence-electron chi connectivity index (χ1n) is 36.7. The Morgan fingerprint density at radius 1 is 0.435 bits per heavy atom. The van der Waals surface area contributed by atoms with Crippen molar-refractivity contribution in [1.29, 1.82) is 5.26 Å². The molecule has 12 aliphatic carbocycles. The standard InChI is InChI=1S/2C25H37N3O3.C25H35N3O2/c2*1-15(29)22-13-28(27-26-22)14-23(30)21-7-6-20-19-5-4-16-12-24(2,31)10-8-17(16)18(19)9-11-25(20,21)3;1-24(30)9-7-18-17(11-24)3-4-20-19(18)8-10-25(2)21(20)5-6-22(25)23(29)15-28-14-16(12-26)13-27-28/h2*13,16-21,31H,4-12,14H2,1-3H3;13-14,17-22,30H,3-11,15H2,1-2H3/t2*16-,17+,18-,19-,20+,21-,24-,25+;17-,18+,19-,20-,21+,22-,24-,25+/m111/s1. The fraction of sp³-hybridized carbons (Fsp3) is 0.827. The zero-order valence-corrected chi connectivity index (χ0v) is 56.8. The SMILES string of the molecule is CC(=O)c1cn(CC(=O)[C@H]2CC[C@H]3[C@@H]4CC[C@@H]5C[C@](C)(O)CC[C@@H]5[C@H]4CC[C@]23C)nn1.CC(=O)c1cn(CC(=O)[C@H]2CC[C@H]3[C@@H]4CC[C@@H]5C[C@](C)(O)CC[C@@H]5[C@H]4CC[C@]23C)nn1.C[C@@]1(O)CC[C@H]2[C@H](CC[C@@H]3[C@@H]2CC[C@]2(C)[C@@H](C(=O)Cn4cc(C#N)cn4)CC[C@@H]32)C1. The molecule has 12 fully saturated rings. The van der Waals surface area contributed by atoms with E-state index in [0.717, 1.165) is 130 Å². The van der Waals surface area contributed by atoms with E-state index in [1.54, 1.807) is 32.6 Å². The van der Waals surface area contributed by atoms with Crippen LogP contribution < -0.4 is 0 Å². The highest BCUT2D eigenvalue weighted by Crippen LogP contribution is 2.68. The lowest BCUT2D eigenvalue weighted by molar-refractivity contribution is -0.133. The molecule has 502 valence electrons. The Kier molecular flexibility index (Phi) is 17.9. The third-order valence-corrected chi connectivity index (χ3v) is 29.4. The van der Waals surface area contributed by atoms with Crippen LogP contribution in [-0.4, -0.2) is 101 Å². The van der Waals surface area contributed by atoms with Gasteiger partial charge >= 0.3 is 0 Å². The molecule has 24 atom stereocenters. The summed E-state index contributed by atoms with van der Waals surface area (Å²) < 4.78 is 4.73. The number of ketones is 5. The third-order valence-electron chi connectivity index (χ3n) is 29.4. The van der Waals surface area contributed by atoms with Gasteiger partial charge in [-0.15, -0.1) is 10.2 Å². The molecule has 12 aliphatic rings. The van der Waals surface area contributed by atoms with Crippen LogP contribution in [0.1, 0.15) is 255 Å². The summed E-state index contributed by atoms with van der Waals surface area (Å²) in [5, 5.41) is 60.7. The van der Waals surface area contributed by atoms with Gasteiger partial charge in [0.1, 0.15) is 30.5 Å². The van der Waals surface area contributed by atoms with E-state index >= 15 is 0 Å². The van der Waals surface area contributed by atoms with Gasteiger partial charge in [0.2, 0.25) is 0 Å². The van der Waals surface area contributed by atoms with Crippen molar-refractivity contribution < 1.29 is 39.3 Å². The van der Waals surface area contributed by atoms with Gasteiger partial charge in [0.25, 0.3) is 0 Å². The van der Waals surface area contributed by atoms with Crippen LogP contribution in [0.4, 0.5) is 0 Å². The Morgan fingerprint density at radius 3 is 1.07 bits per heavy atom. The predicted octanol–water partition coefficient (Wildman–Crippen LogP) is 12.5. The molecule has 0 aliphatic heterocycles. The molecule has 12 saturated carbocycles. The van der Waals surface area contributed by atoms with Crippen LogP contribution in [0.15, 0.2) is 24.8 Å². The van der Waals surface area contributed by atoms with Crippen LogP contribution in [0.25, 0.3) is 0 Å². The lowest BCUT2D eigenvalue weighted by Gasteiger charge is -2.56. The van der Waals surface area contributed by atoms with Crippen molar-refractivity contribution in [2.45, 2.75) is 265 Å². The van der Waals surface area contributed by atoms with Crippen molar-refractivity contribution in [3.8, 4) is 6.07 Å². The van der Waals surface area contributed by atoms with Crippen molar-refractivity contribution >= 4 is 28.9 Å². The summed E-state index contributed by atoms with van der Waals surface area (Å²) in [6, 6.07) is 2.09. The van der Waals surface area contributed by atoms with E-state index in [1.165, 1.54) is 116 Å². The number of aliphatic hydroxyl groups is 3. The van der Waals surface area contributed by atoms with Gasteiger partial charge in [-0.3, -0.25) is 28.7 Å². The average Bonchev–Trinajstić information content (AvgIpc) is 1.44. The average molecular weight is 1260 g/mol. The lowest BCUT2D eigenvalue weighted by Crippen LogP contribution is -2.51. The molecule has 0 aromatic carbocycles. The molecule has 15 rings (SSSR count). The van der Waals surface area contributed by atoms with Crippen molar-refractivity contribution in [3.63, 3.8) is 0 Å². The minimum absolute atomic E-state index is 0.0910. The minimum atomic E-state index is -0.467. The Labute approximate surface area is 546 Å². The monoisotopic (exact) mass is 1260 g/mol. The summed E-state index contributed by atoms with van der Waals surface area (Å²) in [5.74, 6) is 11.9. The number of carbonyl (C=O) groups excluding carboxylic acids is 5. The number of fused-ring (bicyclic) bond motifs is 15. The smallest absolute Gasteiger partial charge is 0.181 e. The van der Waals surface area contributed by atoms with Crippen molar-refractivity contribution in [1.82, 2.24) is 39.8 Å². The van der Waals surface area contributed by atoms with Crippen LogP contribution in [0, 0.1) is 134 Å². The molecular formula is C75H109N9O8. The minimum Gasteiger partial charge on any atom is -0.390 e. The third kappa shape index (κ3) is 12.3. The Hall–Kier alpha value is -4.79. The number of hydrogen-bond donors (Lipinski definition) is 3. The topological polar surface area (TPSA) is 249 Å². The molecule has 3 heterocycles. The maximum absolute atomic E-state index is 13.3. The van der Waals surface area contributed by atoms with E-state index in [0.29, 0.717) is 64.8 Å². The second-order valence-corrected chi connectivity index (χ2v) is 34.7. The molecule has 3 N–H and O–H groups in total. The number of carbonyl (C=O) groups is 5. The first-order valence-corrected chi connectivity index (χ1v) is 36.7. The van der Waals surface area contributed by atoms with E-state index in [-0.39, 0.29) is 70.2 Å². The second kappa shape index (κ2) is 25.0. The molecule has 17 heteroatoms.